The van der Waals surface area contributed by atoms with Gasteiger partial charge in [-0.3, -0.25) is 0 Å². The first-order valence-corrected chi connectivity index (χ1v) is 8.53. The predicted molar refractivity (Wildman–Crippen MR) is 79.6 cm³/mol. The fourth-order valence-corrected chi connectivity index (χ4v) is 3.70. The zero-order valence-electron chi connectivity index (χ0n) is 10.3. The van der Waals surface area contributed by atoms with E-state index in [1.807, 2.05) is 6.07 Å². The van der Waals surface area contributed by atoms with E-state index >= 15 is 0 Å². The van der Waals surface area contributed by atoms with Crippen LogP contribution in [0.15, 0.2) is 33.7 Å². The van der Waals surface area contributed by atoms with Crippen molar-refractivity contribution in [2.45, 2.75) is 32.6 Å². The van der Waals surface area contributed by atoms with Crippen LogP contribution in [0, 0.1) is 10.1 Å². The van der Waals surface area contributed by atoms with Gasteiger partial charge in [-0.25, -0.2) is 0 Å². The summed E-state index contributed by atoms with van der Waals surface area (Å²) < 4.78 is 2.24. The summed E-state index contributed by atoms with van der Waals surface area (Å²) in [5.41, 5.74) is 0.171. The molecule has 5 heteroatoms. The van der Waals surface area contributed by atoms with Gasteiger partial charge in [0.25, 0.3) is 0 Å². The van der Waals surface area contributed by atoms with Crippen LogP contribution in [0.2, 0.25) is 0 Å². The van der Waals surface area contributed by atoms with Crippen molar-refractivity contribution in [3.8, 4) is 0 Å². The quantitative estimate of drug-likeness (QED) is 0.315. The second kappa shape index (κ2) is 8.46. The summed E-state index contributed by atoms with van der Waals surface area (Å²) in [5.74, 6) is 0. The van der Waals surface area contributed by atoms with Crippen molar-refractivity contribution >= 4 is 41.0 Å². The van der Waals surface area contributed by atoms with Crippen LogP contribution in [0.25, 0.3) is 0 Å². The number of hydrogen-bond donors (Lipinski definition) is 0. The third kappa shape index (κ3) is 5.80. The first-order chi connectivity index (χ1) is 8.63. The molecule has 0 unspecified atom stereocenters. The summed E-state index contributed by atoms with van der Waals surface area (Å²) in [5, 5.41) is 10.7. The Hall–Kier alpha value is -0.641. The number of nitro benzene ring substituents is 1. The van der Waals surface area contributed by atoms with Crippen molar-refractivity contribution in [2.24, 2.45) is 0 Å². The number of rotatable bonds is 7. The summed E-state index contributed by atoms with van der Waals surface area (Å²) in [4.78, 5) is 12.5. The Morgan fingerprint density at radius 3 is 2.94 bits per heavy atom. The average molecular weight is 377 g/mol. The number of unbranched alkanes of at least 4 members (excludes halogenated alkanes) is 2. The van der Waals surface area contributed by atoms with Crippen LogP contribution < -0.4 is 4.46 Å². The molecular weight excluding hydrogens is 361 g/mol. The van der Waals surface area contributed by atoms with Gasteiger partial charge in [0.15, 0.2) is 0 Å². The Bertz CT molecular complexity index is 435. The van der Waals surface area contributed by atoms with E-state index in [1.54, 1.807) is 12.1 Å². The SMILES string of the molecule is CCCCC/C(Br)=C\[Se]c1cccc([N+](=O)[O-])c1. The van der Waals surface area contributed by atoms with E-state index in [0.29, 0.717) is 0 Å². The van der Waals surface area contributed by atoms with E-state index in [4.69, 9.17) is 0 Å². The summed E-state index contributed by atoms with van der Waals surface area (Å²) in [6.07, 6.45) is 4.71. The molecule has 1 aromatic carbocycles. The number of halogens is 1. The predicted octanol–water partition coefficient (Wildman–Crippen LogP) is 3.74. The number of hydrogen-bond acceptors (Lipinski definition) is 2. The Kier molecular flexibility index (Phi) is 7.25. The molecule has 0 saturated heterocycles. The van der Waals surface area contributed by atoms with Crippen LogP contribution in [-0.4, -0.2) is 19.9 Å². The molecule has 0 aliphatic carbocycles. The fourth-order valence-electron chi connectivity index (χ4n) is 1.41. The molecule has 1 aromatic rings. The Morgan fingerprint density at radius 2 is 2.28 bits per heavy atom. The number of nitro groups is 1. The van der Waals surface area contributed by atoms with Crippen LogP contribution in [-0.2, 0) is 0 Å². The first-order valence-electron chi connectivity index (χ1n) is 5.89. The van der Waals surface area contributed by atoms with Gasteiger partial charge in [-0.05, 0) is 0 Å². The van der Waals surface area contributed by atoms with Crippen LogP contribution in [0.1, 0.15) is 32.6 Å². The maximum atomic E-state index is 10.7. The zero-order valence-corrected chi connectivity index (χ0v) is 13.6. The molecule has 0 amide bonds. The van der Waals surface area contributed by atoms with Gasteiger partial charge in [-0.15, -0.1) is 0 Å². The molecular formula is C13H16BrNO2Se. The van der Waals surface area contributed by atoms with E-state index in [-0.39, 0.29) is 25.6 Å². The molecule has 18 heavy (non-hydrogen) atoms. The van der Waals surface area contributed by atoms with Crippen LogP contribution in [0.5, 0.6) is 0 Å². The van der Waals surface area contributed by atoms with Gasteiger partial charge in [0.2, 0.25) is 0 Å². The van der Waals surface area contributed by atoms with Gasteiger partial charge in [0, 0.05) is 0 Å². The molecule has 98 valence electrons. The minimum atomic E-state index is -0.348. The maximum absolute atomic E-state index is 10.7. The third-order valence-corrected chi connectivity index (χ3v) is 5.63. The van der Waals surface area contributed by atoms with Gasteiger partial charge >= 0.3 is 122 Å². The van der Waals surface area contributed by atoms with Crippen molar-refractivity contribution in [2.75, 3.05) is 0 Å². The Balaban J connectivity index is 2.54. The molecule has 0 N–H and O–H groups in total. The van der Waals surface area contributed by atoms with Crippen LogP contribution in [0.4, 0.5) is 5.69 Å². The van der Waals surface area contributed by atoms with Gasteiger partial charge < -0.3 is 0 Å². The molecule has 0 heterocycles. The van der Waals surface area contributed by atoms with Crippen molar-refractivity contribution in [1.82, 2.24) is 0 Å². The standard InChI is InChI=1S/C13H16BrNO2Se/c1-2-3-4-6-11(14)10-18-13-8-5-7-12(9-13)15(16)17/h5,7-10H,2-4,6H2,1H3/b11-10+. The van der Waals surface area contributed by atoms with E-state index in [0.717, 1.165) is 10.9 Å². The molecule has 0 aliphatic heterocycles. The monoisotopic (exact) mass is 377 g/mol. The van der Waals surface area contributed by atoms with Crippen molar-refractivity contribution in [1.29, 1.82) is 0 Å². The fraction of sp³-hybridized carbons (Fsp3) is 0.385. The number of nitrogens with zero attached hydrogens (tertiary/aromatic N) is 1. The van der Waals surface area contributed by atoms with E-state index in [1.165, 1.54) is 29.8 Å². The zero-order chi connectivity index (χ0) is 13.4. The summed E-state index contributed by atoms with van der Waals surface area (Å²) in [6, 6.07) is 6.87. The molecule has 0 fully saturated rings. The van der Waals surface area contributed by atoms with E-state index < -0.39 is 0 Å². The van der Waals surface area contributed by atoms with Crippen molar-refractivity contribution < 1.29 is 4.92 Å². The third-order valence-electron chi connectivity index (χ3n) is 2.37. The molecule has 0 saturated carbocycles. The summed E-state index contributed by atoms with van der Waals surface area (Å²) in [6.45, 7) is 2.19. The average Bonchev–Trinajstić information content (AvgIpc) is 2.37. The molecule has 0 bridgehead atoms. The summed E-state index contributed by atoms with van der Waals surface area (Å²) in [7, 11) is 0. The molecule has 0 atom stereocenters. The van der Waals surface area contributed by atoms with Crippen molar-refractivity contribution in [3.63, 3.8) is 0 Å². The van der Waals surface area contributed by atoms with Crippen LogP contribution >= 0.6 is 15.9 Å². The minimum absolute atomic E-state index is 0.150. The molecule has 3 nitrogen and oxygen atoms in total. The molecule has 0 aromatic heterocycles. The van der Waals surface area contributed by atoms with Gasteiger partial charge in [0.05, 0.1) is 0 Å². The normalized spacial score (nSPS) is 11.6. The number of non-ortho nitro benzene ring substituents is 1. The topological polar surface area (TPSA) is 43.1 Å². The second-order valence-corrected chi connectivity index (χ2v) is 6.89. The van der Waals surface area contributed by atoms with Gasteiger partial charge in [-0.2, -0.15) is 0 Å². The second-order valence-electron chi connectivity index (χ2n) is 3.89. The number of allylic oxidation sites excluding steroid dienone is 1. The van der Waals surface area contributed by atoms with Gasteiger partial charge in [0.1, 0.15) is 0 Å². The van der Waals surface area contributed by atoms with E-state index in [2.05, 4.69) is 27.8 Å². The van der Waals surface area contributed by atoms with E-state index in [9.17, 15) is 10.1 Å². The first kappa shape index (κ1) is 15.4. The Labute approximate surface area is 122 Å². The van der Waals surface area contributed by atoms with Crippen LogP contribution in [0.3, 0.4) is 0 Å². The molecule has 0 radical (unpaired) electrons. The number of benzene rings is 1. The Morgan fingerprint density at radius 1 is 1.50 bits per heavy atom. The summed E-state index contributed by atoms with van der Waals surface area (Å²) >= 11 is 3.71. The molecule has 0 spiro atoms. The van der Waals surface area contributed by atoms with Crippen molar-refractivity contribution in [3.05, 3.63) is 43.8 Å². The van der Waals surface area contributed by atoms with Gasteiger partial charge in [-0.1, -0.05) is 0 Å². The molecule has 0 aliphatic rings. The molecule has 1 rings (SSSR count).